The summed E-state index contributed by atoms with van der Waals surface area (Å²) in [4.78, 5) is 22.8. The molecular formula is C15H16N6O2S. The largest absolute Gasteiger partial charge is 0.339 e. The molecule has 4 heterocycles. The number of aryl methyl sites for hydroxylation is 2. The molecule has 0 aliphatic carbocycles. The summed E-state index contributed by atoms with van der Waals surface area (Å²) in [6.45, 7) is 2.45. The second kappa shape index (κ2) is 5.82. The van der Waals surface area contributed by atoms with Gasteiger partial charge in [0.15, 0.2) is 0 Å². The van der Waals surface area contributed by atoms with Crippen molar-refractivity contribution in [2.24, 2.45) is 7.05 Å². The molecule has 1 fully saturated rings. The molecule has 0 radical (unpaired) electrons. The van der Waals surface area contributed by atoms with Crippen molar-refractivity contribution in [3.8, 4) is 11.5 Å². The fourth-order valence-corrected chi connectivity index (χ4v) is 3.41. The molecule has 3 aromatic rings. The number of aromatic nitrogens is 5. The maximum absolute atomic E-state index is 12.2. The van der Waals surface area contributed by atoms with E-state index in [1.165, 1.54) is 0 Å². The molecule has 1 atom stereocenters. The second-order valence-electron chi connectivity index (χ2n) is 5.82. The van der Waals surface area contributed by atoms with E-state index in [1.807, 2.05) is 25.5 Å². The first kappa shape index (κ1) is 15.0. The second-order valence-corrected chi connectivity index (χ2v) is 6.88. The first-order valence-corrected chi connectivity index (χ1v) is 8.53. The van der Waals surface area contributed by atoms with Gasteiger partial charge in [-0.1, -0.05) is 5.16 Å². The van der Waals surface area contributed by atoms with E-state index in [0.717, 1.165) is 16.4 Å². The smallest absolute Gasteiger partial charge is 0.231 e. The summed E-state index contributed by atoms with van der Waals surface area (Å²) in [5, 5.41) is 11.0. The quantitative estimate of drug-likeness (QED) is 0.723. The Morgan fingerprint density at radius 1 is 1.38 bits per heavy atom. The van der Waals surface area contributed by atoms with Gasteiger partial charge < -0.3 is 9.42 Å². The Labute approximate surface area is 142 Å². The molecule has 1 saturated heterocycles. The van der Waals surface area contributed by atoms with Crippen LogP contribution in [0.5, 0.6) is 0 Å². The van der Waals surface area contributed by atoms with Crippen LogP contribution < -0.4 is 4.90 Å². The summed E-state index contributed by atoms with van der Waals surface area (Å²) in [5.41, 5.74) is 1.52. The highest BCUT2D eigenvalue weighted by Gasteiger charge is 2.32. The minimum Gasteiger partial charge on any atom is -0.339 e. The Morgan fingerprint density at radius 2 is 2.25 bits per heavy atom. The Bertz CT molecular complexity index is 882. The number of thiazole rings is 1. The van der Waals surface area contributed by atoms with Crippen molar-refractivity contribution in [1.82, 2.24) is 24.9 Å². The molecule has 3 aromatic heterocycles. The fraction of sp³-hybridized carbons (Fsp3) is 0.400. The average Bonchev–Trinajstić information content (AvgIpc) is 3.28. The third-order valence-electron chi connectivity index (χ3n) is 4.05. The lowest BCUT2D eigenvalue weighted by Gasteiger charge is -2.29. The van der Waals surface area contributed by atoms with Crippen LogP contribution in [0.3, 0.4) is 0 Å². The summed E-state index contributed by atoms with van der Waals surface area (Å²) < 4.78 is 7.12. The van der Waals surface area contributed by atoms with E-state index >= 15 is 0 Å². The van der Waals surface area contributed by atoms with E-state index in [-0.39, 0.29) is 11.8 Å². The highest BCUT2D eigenvalue weighted by molar-refractivity contribution is 7.09. The van der Waals surface area contributed by atoms with Gasteiger partial charge >= 0.3 is 0 Å². The maximum Gasteiger partial charge on any atom is 0.231 e. The molecule has 0 aromatic carbocycles. The number of nitrogens with zero attached hydrogens (tertiary/aromatic N) is 6. The third kappa shape index (κ3) is 2.71. The highest BCUT2D eigenvalue weighted by Crippen LogP contribution is 2.30. The molecule has 8 nitrogen and oxygen atoms in total. The summed E-state index contributed by atoms with van der Waals surface area (Å²) in [7, 11) is 1.83. The van der Waals surface area contributed by atoms with Gasteiger partial charge in [-0.3, -0.25) is 9.48 Å². The number of carbonyl (C=O) groups excluding carboxylic acids is 1. The minimum atomic E-state index is 0.0175. The molecule has 0 saturated carbocycles. The minimum absolute atomic E-state index is 0.0175. The third-order valence-corrected chi connectivity index (χ3v) is 4.83. The zero-order valence-corrected chi connectivity index (χ0v) is 14.2. The van der Waals surface area contributed by atoms with Crippen LogP contribution in [-0.4, -0.2) is 37.4 Å². The lowest BCUT2D eigenvalue weighted by atomic mass is 9.97. The van der Waals surface area contributed by atoms with Crippen LogP contribution in [0.4, 0.5) is 5.69 Å². The Kier molecular flexibility index (Phi) is 3.64. The molecule has 124 valence electrons. The zero-order chi connectivity index (χ0) is 16.7. The van der Waals surface area contributed by atoms with Crippen LogP contribution in [0, 0.1) is 6.92 Å². The molecule has 9 heteroatoms. The van der Waals surface area contributed by atoms with E-state index in [2.05, 4.69) is 20.2 Å². The molecule has 1 amide bonds. The molecule has 4 rings (SSSR count). The van der Waals surface area contributed by atoms with Gasteiger partial charge in [-0.25, -0.2) is 4.98 Å². The highest BCUT2D eigenvalue weighted by atomic mass is 32.1. The van der Waals surface area contributed by atoms with Gasteiger partial charge in [0.05, 0.1) is 22.8 Å². The maximum atomic E-state index is 12.2. The van der Waals surface area contributed by atoms with Crippen LogP contribution in [0.1, 0.15) is 29.7 Å². The van der Waals surface area contributed by atoms with Crippen LogP contribution in [0.15, 0.2) is 22.3 Å². The Balaban J connectivity index is 1.56. The van der Waals surface area contributed by atoms with Crippen molar-refractivity contribution in [2.75, 3.05) is 11.4 Å². The average molecular weight is 344 g/mol. The molecule has 0 bridgehead atoms. The summed E-state index contributed by atoms with van der Waals surface area (Å²) in [5.74, 6) is 1.16. The van der Waals surface area contributed by atoms with Gasteiger partial charge in [0.1, 0.15) is 5.69 Å². The number of hydrogen-bond acceptors (Lipinski definition) is 7. The van der Waals surface area contributed by atoms with Gasteiger partial charge in [0.25, 0.3) is 0 Å². The van der Waals surface area contributed by atoms with Crippen LogP contribution in [0.25, 0.3) is 11.5 Å². The summed E-state index contributed by atoms with van der Waals surface area (Å²) in [6, 6.07) is 0. The van der Waals surface area contributed by atoms with Gasteiger partial charge in [-0.05, 0) is 13.3 Å². The number of piperidine rings is 1. The van der Waals surface area contributed by atoms with Crippen molar-refractivity contribution < 1.29 is 9.32 Å². The first-order valence-electron chi connectivity index (χ1n) is 7.65. The van der Waals surface area contributed by atoms with E-state index in [1.54, 1.807) is 27.1 Å². The zero-order valence-electron chi connectivity index (χ0n) is 13.3. The predicted molar refractivity (Wildman–Crippen MR) is 87.7 cm³/mol. The molecular weight excluding hydrogens is 328 g/mol. The van der Waals surface area contributed by atoms with Gasteiger partial charge in [0, 0.05) is 31.6 Å². The number of anilines is 1. The lowest BCUT2D eigenvalue weighted by Crippen LogP contribution is -2.39. The van der Waals surface area contributed by atoms with Crippen molar-refractivity contribution >= 4 is 22.9 Å². The van der Waals surface area contributed by atoms with E-state index in [9.17, 15) is 4.79 Å². The van der Waals surface area contributed by atoms with Crippen LogP contribution in [-0.2, 0) is 11.8 Å². The van der Waals surface area contributed by atoms with Gasteiger partial charge in [-0.2, -0.15) is 10.1 Å². The van der Waals surface area contributed by atoms with E-state index in [0.29, 0.717) is 31.1 Å². The van der Waals surface area contributed by atoms with Gasteiger partial charge in [0.2, 0.25) is 17.6 Å². The number of amides is 1. The summed E-state index contributed by atoms with van der Waals surface area (Å²) in [6.07, 6.45) is 4.68. The van der Waals surface area contributed by atoms with Gasteiger partial charge in [-0.15, -0.1) is 11.3 Å². The van der Waals surface area contributed by atoms with Crippen LogP contribution in [0.2, 0.25) is 0 Å². The molecule has 0 N–H and O–H groups in total. The fourth-order valence-electron chi connectivity index (χ4n) is 2.82. The molecule has 1 unspecified atom stereocenters. The van der Waals surface area contributed by atoms with Crippen molar-refractivity contribution in [3.05, 3.63) is 28.7 Å². The monoisotopic (exact) mass is 344 g/mol. The standard InChI is InChI=1S/C15H16N6O2S/c1-9-17-12(8-24-9)14-18-15(23-19-14)10-3-4-13(22)21(6-10)11-5-16-20(2)7-11/h5,7-8,10H,3-4,6H2,1-2H3. The molecule has 0 spiro atoms. The first-order chi connectivity index (χ1) is 11.6. The number of hydrogen-bond donors (Lipinski definition) is 0. The molecule has 1 aliphatic heterocycles. The topological polar surface area (TPSA) is 89.9 Å². The van der Waals surface area contributed by atoms with Crippen molar-refractivity contribution in [1.29, 1.82) is 0 Å². The number of rotatable bonds is 3. The van der Waals surface area contributed by atoms with Crippen molar-refractivity contribution in [3.63, 3.8) is 0 Å². The molecule has 1 aliphatic rings. The lowest BCUT2D eigenvalue weighted by molar-refractivity contribution is -0.119. The van der Waals surface area contributed by atoms with E-state index < -0.39 is 0 Å². The Morgan fingerprint density at radius 3 is 2.96 bits per heavy atom. The number of carbonyl (C=O) groups is 1. The Hall–Kier alpha value is -2.55. The normalized spacial score (nSPS) is 18.3. The van der Waals surface area contributed by atoms with Crippen LogP contribution >= 0.6 is 11.3 Å². The summed E-state index contributed by atoms with van der Waals surface area (Å²) >= 11 is 1.55. The predicted octanol–water partition coefficient (Wildman–Crippen LogP) is 2.15. The molecule has 24 heavy (non-hydrogen) atoms. The SMILES string of the molecule is Cc1nc(-c2noc(C3CCC(=O)N(c4cnn(C)c4)C3)n2)cs1. The van der Waals surface area contributed by atoms with E-state index in [4.69, 9.17) is 4.52 Å². The van der Waals surface area contributed by atoms with Crippen molar-refractivity contribution in [2.45, 2.75) is 25.7 Å².